The Morgan fingerprint density at radius 1 is 0.900 bits per heavy atom. The van der Waals surface area contributed by atoms with Crippen molar-refractivity contribution >= 4 is 68.3 Å². The van der Waals surface area contributed by atoms with Crippen LogP contribution in [0.2, 0.25) is 15.2 Å². The highest BCUT2D eigenvalue weighted by molar-refractivity contribution is 14.1. The van der Waals surface area contributed by atoms with Crippen molar-refractivity contribution in [1.29, 1.82) is 0 Å². The quantitative estimate of drug-likeness (QED) is 0.353. The van der Waals surface area contributed by atoms with Gasteiger partial charge in [-0.2, -0.15) is 0 Å². The van der Waals surface area contributed by atoms with Gasteiger partial charge in [-0.05, 0) is 59.0 Å². The minimum atomic E-state index is 0.412. The van der Waals surface area contributed by atoms with E-state index >= 15 is 0 Å². The van der Waals surface area contributed by atoms with E-state index < -0.39 is 0 Å². The number of hydrogen-bond donors (Lipinski definition) is 0. The van der Waals surface area contributed by atoms with Crippen molar-refractivity contribution < 1.29 is 0 Å². The van der Waals surface area contributed by atoms with Crippen molar-refractivity contribution in [2.24, 2.45) is 0 Å². The van der Waals surface area contributed by atoms with E-state index in [0.717, 1.165) is 14.5 Å². The molecule has 0 fully saturated rings. The lowest BCUT2D eigenvalue weighted by Gasteiger charge is -2.07. The fourth-order valence-electron chi connectivity index (χ4n) is 1.85. The Kier molecular flexibility index (Phi) is 4.04. The van der Waals surface area contributed by atoms with Crippen molar-refractivity contribution in [3.63, 3.8) is 0 Å². The smallest absolute Gasteiger partial charge is 0.162 e. The Morgan fingerprint density at radius 2 is 1.70 bits per heavy atom. The topological polar surface area (TPSA) is 25.8 Å². The molecule has 3 rings (SSSR count). The van der Waals surface area contributed by atoms with E-state index in [-0.39, 0.29) is 0 Å². The summed E-state index contributed by atoms with van der Waals surface area (Å²) < 4.78 is 1.08. The Bertz CT molecular complexity index is 821. The summed E-state index contributed by atoms with van der Waals surface area (Å²) in [7, 11) is 0. The molecule has 0 saturated carbocycles. The Hall–Kier alpha value is -0.620. The second-order valence-electron chi connectivity index (χ2n) is 4.12. The van der Waals surface area contributed by atoms with Crippen LogP contribution in [0.15, 0.2) is 36.4 Å². The highest BCUT2D eigenvalue weighted by Crippen LogP contribution is 2.31. The van der Waals surface area contributed by atoms with Gasteiger partial charge in [0.1, 0.15) is 5.15 Å². The van der Waals surface area contributed by atoms with Crippen LogP contribution in [0.1, 0.15) is 0 Å². The summed E-state index contributed by atoms with van der Waals surface area (Å²) >= 11 is 20.5. The molecule has 1 heterocycles. The Labute approximate surface area is 144 Å². The maximum Gasteiger partial charge on any atom is 0.162 e. The summed E-state index contributed by atoms with van der Waals surface area (Å²) in [5, 5.41) is 2.31. The Balaban J connectivity index is 2.24. The molecule has 6 heteroatoms. The van der Waals surface area contributed by atoms with Gasteiger partial charge in [-0.1, -0.05) is 34.8 Å². The molecule has 100 valence electrons. The molecule has 0 aliphatic carbocycles. The normalized spacial score (nSPS) is 11.0. The van der Waals surface area contributed by atoms with E-state index in [1.54, 1.807) is 18.2 Å². The van der Waals surface area contributed by atoms with Crippen LogP contribution in [0.3, 0.4) is 0 Å². The SMILES string of the molecule is Clc1ccc(-c2nc(Cl)c3cc(I)ccc3n2)c(Cl)c1. The van der Waals surface area contributed by atoms with Gasteiger partial charge in [0.2, 0.25) is 0 Å². The van der Waals surface area contributed by atoms with Crippen molar-refractivity contribution in [2.75, 3.05) is 0 Å². The van der Waals surface area contributed by atoms with Crippen LogP contribution >= 0.6 is 57.4 Å². The lowest BCUT2D eigenvalue weighted by atomic mass is 10.2. The first-order valence-electron chi connectivity index (χ1n) is 5.63. The van der Waals surface area contributed by atoms with Crippen LogP contribution in [0.25, 0.3) is 22.3 Å². The third kappa shape index (κ3) is 2.72. The predicted octanol–water partition coefficient (Wildman–Crippen LogP) is 5.86. The minimum Gasteiger partial charge on any atom is -0.228 e. The molecule has 0 aliphatic heterocycles. The molecule has 0 atom stereocenters. The molecular formula is C14H6Cl3IN2. The zero-order valence-corrected chi connectivity index (χ0v) is 14.3. The van der Waals surface area contributed by atoms with Crippen molar-refractivity contribution in [3.8, 4) is 11.4 Å². The average molecular weight is 435 g/mol. The number of nitrogens with zero attached hydrogens (tertiary/aromatic N) is 2. The van der Waals surface area contributed by atoms with Crippen LogP contribution in [0, 0.1) is 3.57 Å². The number of rotatable bonds is 1. The molecule has 0 aliphatic rings. The molecule has 0 N–H and O–H groups in total. The largest absolute Gasteiger partial charge is 0.228 e. The molecule has 1 aromatic heterocycles. The number of halogens is 4. The average Bonchev–Trinajstić information content (AvgIpc) is 2.39. The van der Waals surface area contributed by atoms with Crippen LogP contribution in [0.4, 0.5) is 0 Å². The predicted molar refractivity (Wildman–Crippen MR) is 92.7 cm³/mol. The minimum absolute atomic E-state index is 0.412. The van der Waals surface area contributed by atoms with E-state index in [1.165, 1.54) is 0 Å². The van der Waals surface area contributed by atoms with Crippen molar-refractivity contribution in [3.05, 3.63) is 55.2 Å². The van der Waals surface area contributed by atoms with Crippen LogP contribution < -0.4 is 0 Å². The maximum atomic E-state index is 6.24. The fraction of sp³-hybridized carbons (Fsp3) is 0. The van der Waals surface area contributed by atoms with E-state index in [2.05, 4.69) is 32.6 Å². The van der Waals surface area contributed by atoms with E-state index in [9.17, 15) is 0 Å². The van der Waals surface area contributed by atoms with Gasteiger partial charge in [-0.15, -0.1) is 0 Å². The van der Waals surface area contributed by atoms with Gasteiger partial charge in [0.15, 0.2) is 5.82 Å². The first-order valence-corrected chi connectivity index (χ1v) is 7.84. The van der Waals surface area contributed by atoms with Crippen molar-refractivity contribution in [1.82, 2.24) is 9.97 Å². The summed E-state index contributed by atoms with van der Waals surface area (Å²) in [4.78, 5) is 8.84. The zero-order valence-electron chi connectivity index (χ0n) is 9.87. The lowest BCUT2D eigenvalue weighted by Crippen LogP contribution is -1.93. The van der Waals surface area contributed by atoms with Gasteiger partial charge >= 0.3 is 0 Å². The molecule has 0 bridgehead atoms. The highest BCUT2D eigenvalue weighted by Gasteiger charge is 2.11. The van der Waals surface area contributed by atoms with Gasteiger partial charge in [0, 0.05) is 19.5 Å². The summed E-state index contributed by atoms with van der Waals surface area (Å²) in [6.07, 6.45) is 0. The molecular weight excluding hydrogens is 429 g/mol. The molecule has 0 spiro atoms. The van der Waals surface area contributed by atoms with Crippen LogP contribution in [-0.4, -0.2) is 9.97 Å². The molecule has 0 radical (unpaired) electrons. The molecule has 0 amide bonds. The molecule has 0 unspecified atom stereocenters. The summed E-state index contributed by atoms with van der Waals surface area (Å²) in [5.41, 5.74) is 1.49. The van der Waals surface area contributed by atoms with Gasteiger partial charge in [-0.3, -0.25) is 0 Å². The van der Waals surface area contributed by atoms with Gasteiger partial charge in [-0.25, -0.2) is 9.97 Å². The molecule has 3 aromatic rings. The number of hydrogen-bond acceptors (Lipinski definition) is 2. The second kappa shape index (κ2) is 5.64. The summed E-state index contributed by atoms with van der Waals surface area (Å²) in [5.74, 6) is 0.491. The summed E-state index contributed by atoms with van der Waals surface area (Å²) in [6.45, 7) is 0. The van der Waals surface area contributed by atoms with Crippen LogP contribution in [-0.2, 0) is 0 Å². The lowest BCUT2D eigenvalue weighted by molar-refractivity contribution is 1.23. The second-order valence-corrected chi connectivity index (χ2v) is 6.57. The monoisotopic (exact) mass is 434 g/mol. The first-order chi connectivity index (χ1) is 9.54. The number of benzene rings is 2. The van der Waals surface area contributed by atoms with Gasteiger partial charge in [0.05, 0.1) is 10.5 Å². The first kappa shape index (κ1) is 14.3. The zero-order chi connectivity index (χ0) is 14.3. The summed E-state index contributed by atoms with van der Waals surface area (Å²) in [6, 6.07) is 11.0. The van der Waals surface area contributed by atoms with Crippen molar-refractivity contribution in [2.45, 2.75) is 0 Å². The third-order valence-electron chi connectivity index (χ3n) is 2.78. The standard InChI is InChI=1S/C14H6Cl3IN2/c15-7-1-3-9(11(16)5-7)14-19-12-4-2-8(18)6-10(12)13(17)20-14/h1-6H. The van der Waals surface area contributed by atoms with Crippen LogP contribution in [0.5, 0.6) is 0 Å². The number of fused-ring (bicyclic) bond motifs is 1. The Morgan fingerprint density at radius 3 is 2.45 bits per heavy atom. The molecule has 2 aromatic carbocycles. The third-order valence-corrected chi connectivity index (χ3v) is 4.29. The number of aromatic nitrogens is 2. The highest BCUT2D eigenvalue weighted by atomic mass is 127. The fourth-order valence-corrected chi connectivity index (χ4v) is 3.07. The van der Waals surface area contributed by atoms with E-state index in [4.69, 9.17) is 34.8 Å². The molecule has 0 saturated heterocycles. The van der Waals surface area contributed by atoms with Gasteiger partial charge < -0.3 is 0 Å². The maximum absolute atomic E-state index is 6.24. The van der Waals surface area contributed by atoms with Gasteiger partial charge in [0.25, 0.3) is 0 Å². The molecule has 20 heavy (non-hydrogen) atoms. The van der Waals surface area contributed by atoms with E-state index in [1.807, 2.05) is 18.2 Å². The van der Waals surface area contributed by atoms with E-state index in [0.29, 0.717) is 26.6 Å². The molecule has 2 nitrogen and oxygen atoms in total.